The van der Waals surface area contributed by atoms with Gasteiger partial charge in [0, 0.05) is 25.1 Å². The van der Waals surface area contributed by atoms with Crippen LogP contribution < -0.4 is 11.2 Å². The standard InChI is InChI=1S/C20H20ClF4N3O3/c1-10(2)8-19(3)9-14(26-31-19)11-5-15(13(22)6-12(11)21)28-17(29)7-16(20(23,24)25)27(4)18(28)30/h5-7,10H,8-9H2,1-4H3. The summed E-state index contributed by atoms with van der Waals surface area (Å²) in [5.74, 6) is -0.732. The lowest BCUT2D eigenvalue weighted by atomic mass is 9.88. The number of aromatic nitrogens is 2. The van der Waals surface area contributed by atoms with Gasteiger partial charge in [0.25, 0.3) is 5.56 Å². The number of oxime groups is 1. The van der Waals surface area contributed by atoms with Crippen molar-refractivity contribution in [2.24, 2.45) is 18.1 Å². The summed E-state index contributed by atoms with van der Waals surface area (Å²) in [6.07, 6.45) is -3.90. The van der Waals surface area contributed by atoms with Crippen LogP contribution in [0, 0.1) is 11.7 Å². The van der Waals surface area contributed by atoms with Crippen LogP contribution >= 0.6 is 11.6 Å². The van der Waals surface area contributed by atoms with Crippen molar-refractivity contribution in [3.8, 4) is 5.69 Å². The third-order valence-electron chi connectivity index (χ3n) is 4.96. The number of hydrogen-bond acceptors (Lipinski definition) is 4. The minimum absolute atomic E-state index is 0.0332. The zero-order chi connectivity index (χ0) is 23.3. The highest BCUT2D eigenvalue weighted by atomic mass is 35.5. The molecule has 31 heavy (non-hydrogen) atoms. The van der Waals surface area contributed by atoms with Gasteiger partial charge in [-0.05, 0) is 31.4 Å². The fraction of sp³-hybridized carbons (Fsp3) is 0.450. The van der Waals surface area contributed by atoms with Gasteiger partial charge in [-0.15, -0.1) is 0 Å². The molecule has 168 valence electrons. The Morgan fingerprint density at radius 1 is 1.26 bits per heavy atom. The predicted molar refractivity (Wildman–Crippen MR) is 107 cm³/mol. The topological polar surface area (TPSA) is 65.6 Å². The number of nitrogens with zero attached hydrogens (tertiary/aromatic N) is 3. The number of hydrogen-bond donors (Lipinski definition) is 0. The second-order valence-electron chi connectivity index (χ2n) is 8.18. The zero-order valence-corrected chi connectivity index (χ0v) is 17.9. The first-order valence-corrected chi connectivity index (χ1v) is 9.76. The van der Waals surface area contributed by atoms with E-state index in [9.17, 15) is 27.2 Å². The summed E-state index contributed by atoms with van der Waals surface area (Å²) in [6.45, 7) is 5.89. The molecular formula is C20H20ClF4N3O3. The smallest absolute Gasteiger partial charge is 0.389 e. The van der Waals surface area contributed by atoms with Crippen molar-refractivity contribution in [3.05, 3.63) is 61.1 Å². The molecule has 2 heterocycles. The third-order valence-corrected chi connectivity index (χ3v) is 5.27. The van der Waals surface area contributed by atoms with Gasteiger partial charge >= 0.3 is 11.9 Å². The second kappa shape index (κ2) is 7.81. The van der Waals surface area contributed by atoms with E-state index in [4.69, 9.17) is 16.4 Å². The first kappa shape index (κ1) is 23.1. The first-order chi connectivity index (χ1) is 14.2. The molecule has 0 saturated carbocycles. The summed E-state index contributed by atoms with van der Waals surface area (Å²) < 4.78 is 54.5. The minimum Gasteiger partial charge on any atom is -0.389 e. The van der Waals surface area contributed by atoms with Gasteiger partial charge in [-0.3, -0.25) is 9.36 Å². The Kier molecular flexibility index (Phi) is 5.81. The van der Waals surface area contributed by atoms with Gasteiger partial charge in [0.15, 0.2) is 0 Å². The maximum atomic E-state index is 14.7. The molecule has 0 N–H and O–H groups in total. The van der Waals surface area contributed by atoms with Crippen molar-refractivity contribution in [2.45, 2.75) is 45.4 Å². The molecule has 1 aliphatic rings. The van der Waals surface area contributed by atoms with Crippen LogP contribution in [0.4, 0.5) is 17.6 Å². The highest BCUT2D eigenvalue weighted by molar-refractivity contribution is 6.34. The summed E-state index contributed by atoms with van der Waals surface area (Å²) in [6, 6.07) is 2.25. The van der Waals surface area contributed by atoms with Gasteiger partial charge in [-0.25, -0.2) is 13.8 Å². The van der Waals surface area contributed by atoms with Crippen LogP contribution in [0.5, 0.6) is 0 Å². The van der Waals surface area contributed by atoms with Crippen LogP contribution in [-0.2, 0) is 18.1 Å². The van der Waals surface area contributed by atoms with Crippen LogP contribution in [0.2, 0.25) is 5.02 Å². The molecule has 0 radical (unpaired) electrons. The monoisotopic (exact) mass is 461 g/mol. The van der Waals surface area contributed by atoms with E-state index in [1.807, 2.05) is 20.8 Å². The lowest BCUT2D eigenvalue weighted by Crippen LogP contribution is -2.41. The van der Waals surface area contributed by atoms with E-state index in [1.54, 1.807) is 0 Å². The minimum atomic E-state index is -4.92. The maximum Gasteiger partial charge on any atom is 0.431 e. The lowest BCUT2D eigenvalue weighted by Gasteiger charge is -2.23. The number of alkyl halides is 3. The number of rotatable bonds is 4. The van der Waals surface area contributed by atoms with Gasteiger partial charge in [-0.1, -0.05) is 30.6 Å². The lowest BCUT2D eigenvalue weighted by molar-refractivity contribution is -0.144. The largest absolute Gasteiger partial charge is 0.431 e. The Morgan fingerprint density at radius 3 is 2.48 bits per heavy atom. The van der Waals surface area contributed by atoms with Crippen molar-refractivity contribution < 1.29 is 22.4 Å². The molecule has 0 bridgehead atoms. The number of halogens is 5. The fourth-order valence-electron chi connectivity index (χ4n) is 3.75. The van der Waals surface area contributed by atoms with E-state index in [0.29, 0.717) is 29.0 Å². The first-order valence-electron chi connectivity index (χ1n) is 9.38. The second-order valence-corrected chi connectivity index (χ2v) is 8.59. The van der Waals surface area contributed by atoms with Crippen LogP contribution in [0.1, 0.15) is 44.9 Å². The van der Waals surface area contributed by atoms with Crippen LogP contribution in [0.15, 0.2) is 32.9 Å². The van der Waals surface area contributed by atoms with Gasteiger partial charge in [0.1, 0.15) is 17.1 Å². The average molecular weight is 462 g/mol. The zero-order valence-electron chi connectivity index (χ0n) is 17.2. The molecule has 0 fully saturated rings. The molecule has 1 atom stereocenters. The summed E-state index contributed by atoms with van der Waals surface area (Å²) in [7, 11) is 0.849. The molecule has 1 aromatic carbocycles. The highest BCUT2D eigenvalue weighted by Crippen LogP contribution is 2.35. The van der Waals surface area contributed by atoms with E-state index in [-0.39, 0.29) is 21.2 Å². The summed E-state index contributed by atoms with van der Waals surface area (Å²) >= 11 is 6.17. The van der Waals surface area contributed by atoms with E-state index in [2.05, 4.69) is 5.16 Å². The van der Waals surface area contributed by atoms with Crippen molar-refractivity contribution in [2.75, 3.05) is 0 Å². The summed E-state index contributed by atoms with van der Waals surface area (Å²) in [5, 5.41) is 4.00. The normalized spacial score (nSPS) is 19.0. The van der Waals surface area contributed by atoms with Crippen LogP contribution in [0.3, 0.4) is 0 Å². The van der Waals surface area contributed by atoms with Crippen molar-refractivity contribution >= 4 is 17.3 Å². The Hall–Kier alpha value is -2.62. The molecule has 2 aromatic rings. The van der Waals surface area contributed by atoms with E-state index in [0.717, 1.165) is 19.2 Å². The summed E-state index contributed by atoms with van der Waals surface area (Å²) in [4.78, 5) is 30.4. The predicted octanol–water partition coefficient (Wildman–Crippen LogP) is 4.28. The molecule has 11 heteroatoms. The molecule has 0 aliphatic carbocycles. The molecule has 0 amide bonds. The van der Waals surface area contributed by atoms with Crippen molar-refractivity contribution in [1.29, 1.82) is 0 Å². The quantitative estimate of drug-likeness (QED) is 0.638. The van der Waals surface area contributed by atoms with E-state index in [1.165, 1.54) is 0 Å². The van der Waals surface area contributed by atoms with Gasteiger partial charge in [0.2, 0.25) is 0 Å². The van der Waals surface area contributed by atoms with Crippen LogP contribution in [0.25, 0.3) is 5.69 Å². The molecule has 6 nitrogen and oxygen atoms in total. The van der Waals surface area contributed by atoms with E-state index < -0.39 is 40.2 Å². The van der Waals surface area contributed by atoms with Crippen molar-refractivity contribution in [3.63, 3.8) is 0 Å². The van der Waals surface area contributed by atoms with Gasteiger partial charge in [-0.2, -0.15) is 13.2 Å². The molecule has 0 spiro atoms. The van der Waals surface area contributed by atoms with Crippen LogP contribution in [-0.4, -0.2) is 20.4 Å². The van der Waals surface area contributed by atoms with Gasteiger partial charge < -0.3 is 4.84 Å². The highest BCUT2D eigenvalue weighted by Gasteiger charge is 2.37. The third kappa shape index (κ3) is 4.39. The number of benzene rings is 1. The molecule has 1 aliphatic heterocycles. The Balaban J connectivity index is 2.13. The SMILES string of the molecule is CC(C)CC1(C)CC(c2cc(-n3c(=O)cc(C(F)(F)F)n(C)c3=O)c(F)cc2Cl)=NO1. The molecule has 3 rings (SSSR count). The maximum absolute atomic E-state index is 14.7. The van der Waals surface area contributed by atoms with Crippen molar-refractivity contribution in [1.82, 2.24) is 9.13 Å². The summed E-state index contributed by atoms with van der Waals surface area (Å²) in [5.41, 5.74) is -4.64. The Morgan fingerprint density at radius 2 is 1.90 bits per heavy atom. The Labute approximate surface area is 179 Å². The molecule has 1 unspecified atom stereocenters. The molecule has 1 aromatic heterocycles. The van der Waals surface area contributed by atoms with Gasteiger partial charge in [0.05, 0.1) is 16.4 Å². The average Bonchev–Trinajstić information content (AvgIpc) is 2.99. The molecule has 0 saturated heterocycles. The Bertz CT molecular complexity index is 1180. The fourth-order valence-corrected chi connectivity index (χ4v) is 4.01. The van der Waals surface area contributed by atoms with E-state index >= 15 is 0 Å². The molecular weight excluding hydrogens is 442 g/mol.